The van der Waals surface area contributed by atoms with Crippen LogP contribution in [0.5, 0.6) is 0 Å². The Morgan fingerprint density at radius 2 is 1.88 bits per heavy atom. The monoisotopic (exact) mass is 334 g/mol. The highest BCUT2D eigenvalue weighted by molar-refractivity contribution is 5.93. The Hall–Kier alpha value is -2.22. The fourth-order valence-electron chi connectivity index (χ4n) is 2.56. The number of nitrogens with zero attached hydrogens (tertiary/aromatic N) is 5. The summed E-state index contributed by atoms with van der Waals surface area (Å²) in [6.45, 7) is 7.46. The molecule has 1 aliphatic rings. The maximum absolute atomic E-state index is 12.3. The highest BCUT2D eigenvalue weighted by Gasteiger charge is 2.21. The number of anilines is 1. The number of carbonyl (C=O) groups is 2. The van der Waals surface area contributed by atoms with Gasteiger partial charge >= 0.3 is 0 Å². The van der Waals surface area contributed by atoms with E-state index in [1.807, 2.05) is 23.9 Å². The third-order valence-electron chi connectivity index (χ3n) is 3.95. The highest BCUT2D eigenvalue weighted by atomic mass is 16.2. The molecule has 0 saturated carbocycles. The third kappa shape index (κ3) is 4.89. The maximum Gasteiger partial charge on any atom is 0.270 e. The molecule has 24 heavy (non-hydrogen) atoms. The zero-order chi connectivity index (χ0) is 17.7. The summed E-state index contributed by atoms with van der Waals surface area (Å²) in [4.78, 5) is 38.3. The van der Waals surface area contributed by atoms with E-state index in [0.29, 0.717) is 44.2 Å². The van der Waals surface area contributed by atoms with Gasteiger partial charge in [0.2, 0.25) is 5.91 Å². The molecule has 132 valence electrons. The summed E-state index contributed by atoms with van der Waals surface area (Å²) in [5.41, 5.74) is 0.380. The summed E-state index contributed by atoms with van der Waals surface area (Å²) in [7, 11) is 3.92. The van der Waals surface area contributed by atoms with Crippen molar-refractivity contribution in [2.45, 2.75) is 13.8 Å². The molecule has 1 saturated heterocycles. The van der Waals surface area contributed by atoms with Gasteiger partial charge in [0.15, 0.2) is 0 Å². The van der Waals surface area contributed by atoms with Crippen LogP contribution in [0.25, 0.3) is 0 Å². The Morgan fingerprint density at radius 3 is 2.46 bits per heavy atom. The number of likely N-dealkylation sites (N-methyl/N-ethyl adjacent to an activating group) is 1. The molecule has 1 N–H and O–H groups in total. The van der Waals surface area contributed by atoms with Gasteiger partial charge in [-0.05, 0) is 21.0 Å². The fourth-order valence-corrected chi connectivity index (χ4v) is 2.56. The lowest BCUT2D eigenvalue weighted by Crippen LogP contribution is -2.48. The largest absolute Gasteiger partial charge is 0.353 e. The topological polar surface area (TPSA) is 81.7 Å². The maximum atomic E-state index is 12.3. The second-order valence-corrected chi connectivity index (χ2v) is 6.21. The molecule has 8 heteroatoms. The van der Waals surface area contributed by atoms with Gasteiger partial charge in [-0.1, -0.05) is 0 Å². The third-order valence-corrected chi connectivity index (χ3v) is 3.95. The van der Waals surface area contributed by atoms with Gasteiger partial charge in [0.05, 0.1) is 0 Å². The van der Waals surface area contributed by atoms with Crippen LogP contribution in [0.1, 0.15) is 23.2 Å². The highest BCUT2D eigenvalue weighted by Crippen LogP contribution is 2.15. The van der Waals surface area contributed by atoms with Gasteiger partial charge in [0, 0.05) is 52.3 Å². The lowest BCUT2D eigenvalue weighted by atomic mass is 10.2. The summed E-state index contributed by atoms with van der Waals surface area (Å²) in [5, 5.41) is 2.87. The van der Waals surface area contributed by atoms with E-state index in [4.69, 9.17) is 0 Å². The van der Waals surface area contributed by atoms with Crippen molar-refractivity contribution < 1.29 is 9.59 Å². The van der Waals surface area contributed by atoms with E-state index in [-0.39, 0.29) is 11.8 Å². The first-order valence-electron chi connectivity index (χ1n) is 8.16. The van der Waals surface area contributed by atoms with Crippen LogP contribution in [0.4, 0.5) is 5.82 Å². The van der Waals surface area contributed by atoms with Crippen LogP contribution in [-0.4, -0.2) is 84.9 Å². The van der Waals surface area contributed by atoms with Crippen molar-refractivity contribution in [3.05, 3.63) is 17.6 Å². The van der Waals surface area contributed by atoms with E-state index in [2.05, 4.69) is 20.2 Å². The Balaban J connectivity index is 2.03. The van der Waals surface area contributed by atoms with Crippen molar-refractivity contribution in [2.75, 3.05) is 58.3 Å². The molecule has 8 nitrogen and oxygen atoms in total. The molecule has 2 amide bonds. The zero-order valence-corrected chi connectivity index (χ0v) is 14.9. The Bertz CT molecular complexity index is 596. The molecule has 0 spiro atoms. The Labute approximate surface area is 142 Å². The van der Waals surface area contributed by atoms with Crippen LogP contribution >= 0.6 is 0 Å². The van der Waals surface area contributed by atoms with Gasteiger partial charge < -0.3 is 20.0 Å². The van der Waals surface area contributed by atoms with Gasteiger partial charge in [0.1, 0.15) is 17.3 Å². The number of nitrogens with one attached hydrogen (secondary N) is 1. The summed E-state index contributed by atoms with van der Waals surface area (Å²) < 4.78 is 0. The molecule has 1 aromatic heterocycles. The molecular formula is C16H26N6O2. The second-order valence-electron chi connectivity index (χ2n) is 6.21. The predicted octanol–water partition coefficient (Wildman–Crippen LogP) is -0.255. The van der Waals surface area contributed by atoms with Crippen LogP contribution in [0.2, 0.25) is 0 Å². The van der Waals surface area contributed by atoms with E-state index >= 15 is 0 Å². The van der Waals surface area contributed by atoms with E-state index in [0.717, 1.165) is 12.4 Å². The molecule has 2 heterocycles. The molecule has 0 aromatic carbocycles. The van der Waals surface area contributed by atoms with Crippen LogP contribution in [0, 0.1) is 6.92 Å². The molecule has 0 bridgehead atoms. The molecule has 0 radical (unpaired) electrons. The zero-order valence-electron chi connectivity index (χ0n) is 14.9. The lowest BCUT2D eigenvalue weighted by molar-refractivity contribution is -0.129. The number of piperazine rings is 1. The predicted molar refractivity (Wildman–Crippen MR) is 92.1 cm³/mol. The van der Waals surface area contributed by atoms with Gasteiger partial charge in [-0.3, -0.25) is 9.59 Å². The number of amides is 2. The van der Waals surface area contributed by atoms with E-state index < -0.39 is 0 Å². The molecule has 1 aromatic rings. The van der Waals surface area contributed by atoms with Crippen LogP contribution < -0.4 is 10.2 Å². The number of rotatable bonds is 5. The molecule has 0 aliphatic carbocycles. The first-order chi connectivity index (χ1) is 11.4. The number of hydrogen-bond donors (Lipinski definition) is 1. The fraction of sp³-hybridized carbons (Fsp3) is 0.625. The summed E-state index contributed by atoms with van der Waals surface area (Å²) in [5.74, 6) is 1.21. The van der Waals surface area contributed by atoms with Gasteiger partial charge in [-0.15, -0.1) is 0 Å². The standard InChI is InChI=1S/C16H26N6O2/c1-12-18-14(16(24)17-5-6-20(3)4)11-15(19-12)22-9-7-21(8-10-22)13(2)23/h11H,5-10H2,1-4H3,(H,17,24). The van der Waals surface area contributed by atoms with Crippen molar-refractivity contribution in [2.24, 2.45) is 0 Å². The van der Waals surface area contributed by atoms with Crippen LogP contribution in [0.3, 0.4) is 0 Å². The number of aromatic nitrogens is 2. The average Bonchev–Trinajstić information content (AvgIpc) is 2.54. The molecule has 0 atom stereocenters. The van der Waals surface area contributed by atoms with Gasteiger partial charge in [-0.2, -0.15) is 0 Å². The van der Waals surface area contributed by atoms with Gasteiger partial charge in [0.25, 0.3) is 5.91 Å². The van der Waals surface area contributed by atoms with Crippen molar-refractivity contribution in [3.8, 4) is 0 Å². The Kier molecular flexibility index (Phi) is 6.08. The van der Waals surface area contributed by atoms with Crippen LogP contribution in [0.15, 0.2) is 6.07 Å². The SMILES string of the molecule is CC(=O)N1CCN(c2cc(C(=O)NCCN(C)C)nc(C)n2)CC1. The molecule has 0 unspecified atom stereocenters. The van der Waals surface area contributed by atoms with E-state index in [9.17, 15) is 9.59 Å². The first-order valence-corrected chi connectivity index (χ1v) is 8.16. The molecule has 1 fully saturated rings. The number of hydrogen-bond acceptors (Lipinski definition) is 6. The van der Waals surface area contributed by atoms with Crippen molar-refractivity contribution >= 4 is 17.6 Å². The second kappa shape index (κ2) is 8.05. The first kappa shape index (κ1) is 18.1. The average molecular weight is 334 g/mol. The van der Waals surface area contributed by atoms with Crippen molar-refractivity contribution in [1.29, 1.82) is 0 Å². The lowest BCUT2D eigenvalue weighted by Gasteiger charge is -2.35. The smallest absolute Gasteiger partial charge is 0.270 e. The van der Waals surface area contributed by atoms with Crippen molar-refractivity contribution in [1.82, 2.24) is 25.1 Å². The minimum atomic E-state index is -0.189. The number of carbonyl (C=O) groups excluding carboxylic acids is 2. The van der Waals surface area contributed by atoms with E-state index in [1.54, 1.807) is 19.9 Å². The normalized spacial score (nSPS) is 14.9. The summed E-state index contributed by atoms with van der Waals surface area (Å²) >= 11 is 0. The molecule has 2 rings (SSSR count). The van der Waals surface area contributed by atoms with Crippen molar-refractivity contribution in [3.63, 3.8) is 0 Å². The number of aryl methyl sites for hydroxylation is 1. The van der Waals surface area contributed by atoms with E-state index in [1.165, 1.54) is 0 Å². The van der Waals surface area contributed by atoms with Crippen LogP contribution in [-0.2, 0) is 4.79 Å². The Morgan fingerprint density at radius 1 is 1.21 bits per heavy atom. The summed E-state index contributed by atoms with van der Waals surface area (Å²) in [6.07, 6.45) is 0. The minimum Gasteiger partial charge on any atom is -0.353 e. The molecular weight excluding hydrogens is 308 g/mol. The molecule has 1 aliphatic heterocycles. The summed E-state index contributed by atoms with van der Waals surface area (Å²) in [6, 6.07) is 1.72. The minimum absolute atomic E-state index is 0.0921. The quantitative estimate of drug-likeness (QED) is 0.799. The van der Waals surface area contributed by atoms with Gasteiger partial charge in [-0.25, -0.2) is 9.97 Å².